The van der Waals surface area contributed by atoms with Gasteiger partial charge in [-0.05, 0) is 43.4 Å². The summed E-state index contributed by atoms with van der Waals surface area (Å²) in [7, 11) is -9.92. The van der Waals surface area contributed by atoms with Crippen LogP contribution in [0.1, 0.15) is 434 Å². The Balaban J connectivity index is 5.24. The van der Waals surface area contributed by atoms with Crippen molar-refractivity contribution < 1.29 is 80.2 Å². The molecule has 3 N–H and O–H groups in total. The Kier molecular flexibility index (Phi) is 71.8. The highest BCUT2D eigenvalue weighted by atomic mass is 31.2. The fourth-order valence-corrected chi connectivity index (χ4v) is 14.4. The van der Waals surface area contributed by atoms with E-state index < -0.39 is 97.5 Å². The largest absolute Gasteiger partial charge is 0.472 e. The van der Waals surface area contributed by atoms with Gasteiger partial charge in [-0.1, -0.05) is 382 Å². The average molecular weight is 1490 g/mol. The van der Waals surface area contributed by atoms with E-state index in [9.17, 15) is 43.2 Å². The molecule has 0 aromatic rings. The molecule has 0 aliphatic rings. The first kappa shape index (κ1) is 100. The molecule has 19 heteroatoms. The summed E-state index contributed by atoms with van der Waals surface area (Å²) >= 11 is 0. The smallest absolute Gasteiger partial charge is 0.462 e. The van der Waals surface area contributed by atoms with E-state index >= 15 is 0 Å². The lowest BCUT2D eigenvalue weighted by Gasteiger charge is -2.21. The second-order valence-corrected chi connectivity index (χ2v) is 34.0. The number of unbranched alkanes of at least 4 members (excludes halogenated alkanes) is 48. The van der Waals surface area contributed by atoms with Crippen molar-refractivity contribution in [2.45, 2.75) is 452 Å². The molecule has 102 heavy (non-hydrogen) atoms. The lowest BCUT2D eigenvalue weighted by atomic mass is 10.00. The average Bonchev–Trinajstić information content (AvgIpc) is 0.911. The molecular weight excluding hydrogens is 1330 g/mol. The van der Waals surface area contributed by atoms with Crippen molar-refractivity contribution in [1.29, 1.82) is 0 Å². The molecule has 0 aliphatic carbocycles. The van der Waals surface area contributed by atoms with Gasteiger partial charge in [0.05, 0.1) is 26.4 Å². The van der Waals surface area contributed by atoms with Crippen LogP contribution in [0.25, 0.3) is 0 Å². The number of rotatable bonds is 81. The number of phosphoric ester groups is 2. The van der Waals surface area contributed by atoms with Gasteiger partial charge in [0.25, 0.3) is 0 Å². The topological polar surface area (TPSA) is 237 Å². The first-order valence-electron chi connectivity index (χ1n) is 42.9. The Hall–Kier alpha value is -1.94. The fraction of sp³-hybridized carbons (Fsp3) is 0.952. The van der Waals surface area contributed by atoms with E-state index in [0.717, 1.165) is 114 Å². The molecular formula is C83H162O17P2. The van der Waals surface area contributed by atoms with Gasteiger partial charge in [0, 0.05) is 25.7 Å². The highest BCUT2D eigenvalue weighted by Crippen LogP contribution is 2.45. The van der Waals surface area contributed by atoms with Gasteiger partial charge in [0.2, 0.25) is 0 Å². The van der Waals surface area contributed by atoms with Crippen molar-refractivity contribution in [2.24, 2.45) is 17.8 Å². The number of aliphatic hydroxyl groups excluding tert-OH is 1. The molecule has 0 bridgehead atoms. The zero-order valence-corrected chi connectivity index (χ0v) is 68.9. The van der Waals surface area contributed by atoms with Gasteiger partial charge in [0.1, 0.15) is 19.3 Å². The summed E-state index contributed by atoms with van der Waals surface area (Å²) in [5.41, 5.74) is 0. The highest BCUT2D eigenvalue weighted by Gasteiger charge is 2.30. The SMILES string of the molecule is CCCCCCCCCCCCCCCCCCCCC(=O)OC[C@H](COP(=O)(O)OC[C@@H](O)COP(=O)(O)OC[C@@H](COC(=O)CCCCCCCCC(C)CC)OC(=O)CCCCCCCCCCCCCCCC(C)C)OC(=O)CCCCCCCCCCCCCCCCCC(C)C. The Morgan fingerprint density at radius 3 is 0.745 bits per heavy atom. The number of esters is 4. The first-order chi connectivity index (χ1) is 49.3. The highest BCUT2D eigenvalue weighted by molar-refractivity contribution is 7.47. The molecule has 0 aromatic carbocycles. The van der Waals surface area contributed by atoms with E-state index in [-0.39, 0.29) is 25.7 Å². The van der Waals surface area contributed by atoms with Crippen molar-refractivity contribution in [3.63, 3.8) is 0 Å². The maximum absolute atomic E-state index is 13.1. The minimum absolute atomic E-state index is 0.106. The third-order valence-corrected chi connectivity index (χ3v) is 21.6. The molecule has 0 aromatic heterocycles. The first-order valence-corrected chi connectivity index (χ1v) is 45.9. The second kappa shape index (κ2) is 73.2. The van der Waals surface area contributed by atoms with Crippen LogP contribution in [0.2, 0.25) is 0 Å². The van der Waals surface area contributed by atoms with Crippen molar-refractivity contribution in [1.82, 2.24) is 0 Å². The molecule has 0 spiro atoms. The molecule has 17 nitrogen and oxygen atoms in total. The Morgan fingerprint density at radius 2 is 0.500 bits per heavy atom. The number of hydrogen-bond acceptors (Lipinski definition) is 15. The van der Waals surface area contributed by atoms with Crippen LogP contribution < -0.4 is 0 Å². The molecule has 0 saturated carbocycles. The van der Waals surface area contributed by atoms with Gasteiger partial charge in [-0.15, -0.1) is 0 Å². The number of ether oxygens (including phenoxy) is 4. The van der Waals surface area contributed by atoms with Crippen LogP contribution >= 0.6 is 15.6 Å². The number of carbonyl (C=O) groups is 4. The van der Waals surface area contributed by atoms with E-state index in [1.807, 2.05) is 0 Å². The lowest BCUT2D eigenvalue weighted by Crippen LogP contribution is -2.30. The molecule has 0 fully saturated rings. The maximum Gasteiger partial charge on any atom is 0.472 e. The van der Waals surface area contributed by atoms with Crippen LogP contribution in [-0.4, -0.2) is 96.7 Å². The summed E-state index contributed by atoms with van der Waals surface area (Å²) in [6.45, 7) is 12.0. The molecule has 0 heterocycles. The summed E-state index contributed by atoms with van der Waals surface area (Å²) in [6.07, 6.45) is 62.5. The minimum atomic E-state index is -4.96. The summed E-state index contributed by atoms with van der Waals surface area (Å²) in [5.74, 6) is 0.211. The molecule has 3 unspecified atom stereocenters. The van der Waals surface area contributed by atoms with Crippen LogP contribution in [0.15, 0.2) is 0 Å². The van der Waals surface area contributed by atoms with E-state index in [1.165, 1.54) is 238 Å². The summed E-state index contributed by atoms with van der Waals surface area (Å²) in [4.78, 5) is 73.1. The predicted molar refractivity (Wildman–Crippen MR) is 418 cm³/mol. The fourth-order valence-electron chi connectivity index (χ4n) is 12.8. The van der Waals surface area contributed by atoms with Crippen LogP contribution in [0.5, 0.6) is 0 Å². The third kappa shape index (κ3) is 74.9. The van der Waals surface area contributed by atoms with Crippen molar-refractivity contribution in [3.05, 3.63) is 0 Å². The Bertz CT molecular complexity index is 1980. The van der Waals surface area contributed by atoms with Gasteiger partial charge in [-0.25, -0.2) is 9.13 Å². The lowest BCUT2D eigenvalue weighted by molar-refractivity contribution is -0.161. The second-order valence-electron chi connectivity index (χ2n) is 31.1. The summed E-state index contributed by atoms with van der Waals surface area (Å²) < 4.78 is 68.8. The number of carbonyl (C=O) groups excluding carboxylic acids is 4. The standard InChI is InChI=1S/C83H162O17P2/c1-8-10-11-12-13-14-15-16-17-18-19-22-27-32-37-42-50-57-64-80(85)93-70-78(99-82(87)66-59-52-43-38-33-28-23-20-21-25-30-35-40-47-54-61-74(3)4)72-97-101(89,90)95-68-77(84)69-96-102(91,92)98-73-79(71-94-81(86)65-58-51-46-45-49-56-63-76(7)9-2)100-83(88)67-60-53-44-39-34-29-24-26-31-36-41-48-55-62-75(5)6/h74-79,84H,8-73H2,1-7H3,(H,89,90)(H,91,92)/t76?,77-,78-,79-/m1/s1. The van der Waals surface area contributed by atoms with E-state index in [0.29, 0.717) is 25.7 Å². The quantitative estimate of drug-likeness (QED) is 0.0222. The van der Waals surface area contributed by atoms with Gasteiger partial charge in [-0.3, -0.25) is 37.3 Å². The predicted octanol–water partition coefficient (Wildman–Crippen LogP) is 24.9. The normalized spacial score (nSPS) is 14.2. The molecule has 0 amide bonds. The minimum Gasteiger partial charge on any atom is -0.462 e. The van der Waals surface area contributed by atoms with E-state index in [4.69, 9.17) is 37.0 Å². The maximum atomic E-state index is 13.1. The Labute approximate surface area is 626 Å². The molecule has 0 rings (SSSR count). The van der Waals surface area contributed by atoms with Crippen LogP contribution in [0, 0.1) is 17.8 Å². The molecule has 0 saturated heterocycles. The van der Waals surface area contributed by atoms with Gasteiger partial charge in [0.15, 0.2) is 12.2 Å². The van der Waals surface area contributed by atoms with E-state index in [2.05, 4.69) is 48.5 Å². The zero-order valence-electron chi connectivity index (χ0n) is 67.1. The van der Waals surface area contributed by atoms with E-state index in [1.54, 1.807) is 0 Å². The van der Waals surface area contributed by atoms with Crippen molar-refractivity contribution in [2.75, 3.05) is 39.6 Å². The zero-order chi connectivity index (χ0) is 75.1. The number of phosphoric acid groups is 2. The van der Waals surface area contributed by atoms with Gasteiger partial charge < -0.3 is 33.8 Å². The molecule has 0 aliphatic heterocycles. The van der Waals surface area contributed by atoms with Crippen molar-refractivity contribution in [3.8, 4) is 0 Å². The monoisotopic (exact) mass is 1490 g/mol. The number of hydrogen-bond donors (Lipinski definition) is 3. The van der Waals surface area contributed by atoms with Crippen LogP contribution in [0.3, 0.4) is 0 Å². The summed E-state index contributed by atoms with van der Waals surface area (Å²) in [6, 6.07) is 0. The van der Waals surface area contributed by atoms with Gasteiger partial charge in [-0.2, -0.15) is 0 Å². The molecule has 0 radical (unpaired) electrons. The van der Waals surface area contributed by atoms with Crippen LogP contribution in [0.4, 0.5) is 0 Å². The number of aliphatic hydroxyl groups is 1. The van der Waals surface area contributed by atoms with Crippen molar-refractivity contribution >= 4 is 39.5 Å². The Morgan fingerprint density at radius 1 is 0.284 bits per heavy atom. The van der Waals surface area contributed by atoms with Crippen LogP contribution in [-0.2, 0) is 65.4 Å². The van der Waals surface area contributed by atoms with Gasteiger partial charge >= 0.3 is 39.5 Å². The molecule has 606 valence electrons. The molecule has 6 atom stereocenters. The summed E-state index contributed by atoms with van der Waals surface area (Å²) in [5, 5.41) is 10.7. The third-order valence-electron chi connectivity index (χ3n) is 19.7.